The van der Waals surface area contributed by atoms with Crippen LogP contribution in [0, 0.1) is 39.8 Å². The Labute approximate surface area is 224 Å². The lowest BCUT2D eigenvalue weighted by Gasteiger charge is -2.62. The molecule has 1 aliphatic heterocycles. The summed E-state index contributed by atoms with van der Waals surface area (Å²) in [5.74, 6) is -1.55. The van der Waals surface area contributed by atoms with E-state index in [9.17, 15) is 24.1 Å². The standard InChI is InChI=1S/C29H40BFO7/c1-6-27(4)13-21(38-22(33)15-36-20-8-7-18-14-37-30(35)23(18)24(20)31)28(5)16(2)9-11-29(17(3)26(27)34)12-10-19(32)25(28)29/h7-8,16-17,21,25-26,34-35H,6,9-15H2,1-5H3/t16-,17-,21+,25-,26-,27+,28-,29-/m0/s1. The second-order valence-corrected chi connectivity index (χ2v) is 12.8. The third-order valence-corrected chi connectivity index (χ3v) is 11.2. The molecule has 38 heavy (non-hydrogen) atoms. The van der Waals surface area contributed by atoms with Crippen LogP contribution < -0.4 is 10.2 Å². The molecule has 208 valence electrons. The number of benzene rings is 1. The van der Waals surface area contributed by atoms with Gasteiger partial charge in [0, 0.05) is 23.2 Å². The molecule has 1 heterocycles. The second-order valence-electron chi connectivity index (χ2n) is 12.8. The summed E-state index contributed by atoms with van der Waals surface area (Å²) in [6.45, 7) is 10.0. The first-order valence-electron chi connectivity index (χ1n) is 14.0. The second kappa shape index (κ2) is 9.60. The van der Waals surface area contributed by atoms with Gasteiger partial charge in [0.25, 0.3) is 0 Å². The molecule has 0 aromatic heterocycles. The minimum atomic E-state index is -1.37. The third kappa shape index (κ3) is 3.94. The normalized spacial score (nSPS) is 40.3. The van der Waals surface area contributed by atoms with E-state index in [0.717, 1.165) is 19.3 Å². The van der Waals surface area contributed by atoms with E-state index in [0.29, 0.717) is 24.8 Å². The van der Waals surface area contributed by atoms with Gasteiger partial charge < -0.3 is 24.3 Å². The summed E-state index contributed by atoms with van der Waals surface area (Å²) in [4.78, 5) is 26.7. The molecule has 3 aliphatic carbocycles. The van der Waals surface area contributed by atoms with Crippen LogP contribution in [0.2, 0.25) is 0 Å². The Hall–Kier alpha value is -1.97. The molecule has 7 nitrogen and oxygen atoms in total. The van der Waals surface area contributed by atoms with E-state index in [4.69, 9.17) is 14.1 Å². The SMILES string of the molecule is CC[C@]1(C)C[C@@H](OC(=O)COc2ccc3c(c2F)B(O)OC3)[C@@]2(C)[C@@H]3C(=O)CC[C@@]3(CC[C@@H]2C)[C@@H](C)[C@@H]1O. The van der Waals surface area contributed by atoms with Gasteiger partial charge in [0.2, 0.25) is 0 Å². The van der Waals surface area contributed by atoms with Gasteiger partial charge >= 0.3 is 13.1 Å². The van der Waals surface area contributed by atoms with Crippen LogP contribution in [0.4, 0.5) is 4.39 Å². The molecule has 3 saturated carbocycles. The first-order valence-corrected chi connectivity index (χ1v) is 14.0. The summed E-state index contributed by atoms with van der Waals surface area (Å²) >= 11 is 0. The van der Waals surface area contributed by atoms with Crippen molar-refractivity contribution < 1.29 is 38.2 Å². The van der Waals surface area contributed by atoms with E-state index in [1.807, 2.05) is 6.92 Å². The lowest BCUT2D eigenvalue weighted by molar-refractivity contribution is -0.213. The first-order chi connectivity index (χ1) is 17.9. The van der Waals surface area contributed by atoms with E-state index in [1.165, 1.54) is 6.07 Å². The van der Waals surface area contributed by atoms with Crippen LogP contribution in [-0.2, 0) is 25.6 Å². The van der Waals surface area contributed by atoms with Gasteiger partial charge in [-0.15, -0.1) is 0 Å². The van der Waals surface area contributed by atoms with Gasteiger partial charge in [0.05, 0.1) is 12.7 Å². The fourth-order valence-electron chi connectivity index (χ4n) is 8.41. The van der Waals surface area contributed by atoms with Crippen LogP contribution in [0.3, 0.4) is 0 Å². The zero-order valence-corrected chi connectivity index (χ0v) is 23.1. The van der Waals surface area contributed by atoms with Crippen LogP contribution in [0.5, 0.6) is 5.75 Å². The maximum absolute atomic E-state index is 14.9. The molecule has 1 aromatic carbocycles. The molecule has 3 fully saturated rings. The number of hydrogen-bond donors (Lipinski definition) is 2. The molecule has 4 aliphatic rings. The Morgan fingerprint density at radius 1 is 1.26 bits per heavy atom. The highest BCUT2D eigenvalue weighted by molar-refractivity contribution is 6.61. The van der Waals surface area contributed by atoms with Crippen LogP contribution in [0.1, 0.15) is 78.7 Å². The molecule has 0 spiro atoms. The maximum Gasteiger partial charge on any atom is 0.494 e. The number of carbonyl (C=O) groups is 2. The minimum absolute atomic E-state index is 0.0253. The van der Waals surface area contributed by atoms with Gasteiger partial charge in [0.1, 0.15) is 11.9 Å². The summed E-state index contributed by atoms with van der Waals surface area (Å²) in [7, 11) is -1.37. The van der Waals surface area contributed by atoms with Crippen molar-refractivity contribution in [3.05, 3.63) is 23.5 Å². The number of rotatable bonds is 5. The van der Waals surface area contributed by atoms with Gasteiger partial charge in [-0.05, 0) is 66.4 Å². The number of esters is 1. The van der Waals surface area contributed by atoms with Gasteiger partial charge in [-0.1, -0.05) is 40.7 Å². The van der Waals surface area contributed by atoms with Crippen LogP contribution in [0.15, 0.2) is 12.1 Å². The summed E-state index contributed by atoms with van der Waals surface area (Å²) in [6.07, 6.45) is 2.92. The van der Waals surface area contributed by atoms with Crippen molar-refractivity contribution >= 4 is 24.3 Å². The predicted octanol–water partition coefficient (Wildman–Crippen LogP) is 3.55. The van der Waals surface area contributed by atoms with Gasteiger partial charge in [-0.25, -0.2) is 9.18 Å². The third-order valence-electron chi connectivity index (χ3n) is 11.2. The van der Waals surface area contributed by atoms with E-state index < -0.39 is 48.5 Å². The topological polar surface area (TPSA) is 102 Å². The van der Waals surface area contributed by atoms with Crippen molar-refractivity contribution in [2.24, 2.45) is 34.0 Å². The zero-order valence-electron chi connectivity index (χ0n) is 23.1. The number of aliphatic hydroxyl groups is 1. The number of ether oxygens (including phenoxy) is 2. The molecule has 0 saturated heterocycles. The lowest BCUT2D eigenvalue weighted by Crippen LogP contribution is -2.63. The highest BCUT2D eigenvalue weighted by atomic mass is 19.1. The molecule has 1 aromatic rings. The highest BCUT2D eigenvalue weighted by Crippen LogP contribution is 2.68. The number of carbonyl (C=O) groups excluding carboxylic acids is 2. The minimum Gasteiger partial charge on any atom is -0.479 e. The van der Waals surface area contributed by atoms with Crippen molar-refractivity contribution in [2.45, 2.75) is 92.0 Å². The Balaban J connectivity index is 1.44. The summed E-state index contributed by atoms with van der Waals surface area (Å²) in [5, 5.41) is 21.6. The smallest absolute Gasteiger partial charge is 0.479 e. The Morgan fingerprint density at radius 2 is 2.00 bits per heavy atom. The van der Waals surface area contributed by atoms with Crippen molar-refractivity contribution in [1.29, 1.82) is 0 Å². The Bertz CT molecular complexity index is 1130. The molecular formula is C29H40BFO7. The number of aliphatic hydroxyl groups excluding tert-OH is 1. The quantitative estimate of drug-likeness (QED) is 0.444. The molecule has 9 heteroatoms. The number of ketones is 1. The first kappa shape index (κ1) is 27.6. The van der Waals surface area contributed by atoms with E-state index in [1.54, 1.807) is 6.07 Å². The molecule has 0 radical (unpaired) electrons. The van der Waals surface area contributed by atoms with Crippen LogP contribution in [-0.4, -0.2) is 47.8 Å². The molecule has 0 unspecified atom stereocenters. The Kier molecular flexibility index (Phi) is 6.97. The molecular weight excluding hydrogens is 490 g/mol. The molecule has 2 N–H and O–H groups in total. The van der Waals surface area contributed by atoms with E-state index >= 15 is 0 Å². The molecule has 0 amide bonds. The number of hydrogen-bond acceptors (Lipinski definition) is 7. The highest BCUT2D eigenvalue weighted by Gasteiger charge is 2.68. The van der Waals surface area contributed by atoms with Crippen molar-refractivity contribution in [1.82, 2.24) is 0 Å². The Morgan fingerprint density at radius 3 is 2.71 bits per heavy atom. The molecule has 8 atom stereocenters. The van der Waals surface area contributed by atoms with Crippen molar-refractivity contribution in [3.8, 4) is 5.75 Å². The van der Waals surface area contributed by atoms with Gasteiger partial charge in [-0.3, -0.25) is 4.79 Å². The average Bonchev–Trinajstić information content (AvgIpc) is 3.45. The van der Waals surface area contributed by atoms with E-state index in [2.05, 4.69) is 27.7 Å². The lowest BCUT2D eigenvalue weighted by atomic mass is 9.43. The molecule has 2 bridgehead atoms. The van der Waals surface area contributed by atoms with Crippen LogP contribution in [0.25, 0.3) is 0 Å². The monoisotopic (exact) mass is 530 g/mol. The summed E-state index contributed by atoms with van der Waals surface area (Å²) < 4.78 is 31.7. The van der Waals surface area contributed by atoms with Gasteiger partial charge in [0.15, 0.2) is 18.2 Å². The fraction of sp³-hybridized carbons (Fsp3) is 0.724. The van der Waals surface area contributed by atoms with E-state index in [-0.39, 0.29) is 46.8 Å². The fourth-order valence-corrected chi connectivity index (χ4v) is 8.41. The molecule has 5 rings (SSSR count). The largest absolute Gasteiger partial charge is 0.494 e. The zero-order chi connectivity index (χ0) is 27.6. The predicted molar refractivity (Wildman–Crippen MR) is 139 cm³/mol. The summed E-state index contributed by atoms with van der Waals surface area (Å²) in [5.41, 5.74) is -0.846. The maximum atomic E-state index is 14.9. The number of fused-ring (bicyclic) bond motifs is 1. The summed E-state index contributed by atoms with van der Waals surface area (Å²) in [6, 6.07) is 3.02. The van der Waals surface area contributed by atoms with Crippen molar-refractivity contribution in [2.75, 3.05) is 6.61 Å². The van der Waals surface area contributed by atoms with Crippen LogP contribution >= 0.6 is 0 Å². The number of halogens is 1. The average molecular weight is 530 g/mol. The number of Topliss-reactive ketones (excluding diaryl/α,β-unsaturated/α-hetero) is 1. The van der Waals surface area contributed by atoms with Crippen molar-refractivity contribution in [3.63, 3.8) is 0 Å². The van der Waals surface area contributed by atoms with Gasteiger partial charge in [-0.2, -0.15) is 0 Å².